The molecule has 0 saturated heterocycles. The Morgan fingerprint density at radius 1 is 0.333 bits per heavy atom. The molecule has 4 radical (unpaired) electrons. The van der Waals surface area contributed by atoms with Crippen molar-refractivity contribution in [1.82, 2.24) is 0 Å². The summed E-state index contributed by atoms with van der Waals surface area (Å²) in [4.78, 5) is 0. The monoisotopic (exact) mass is 610 g/mol. The van der Waals surface area contributed by atoms with Gasteiger partial charge in [0.1, 0.15) is 0 Å². The molecule has 0 fully saturated rings. The largest absolute Gasteiger partial charge is 3.00 e. The SMILES string of the molecule is [Bi+3].[Bi+3].[Fe+2].[Fe+2].[O-2].[O-2].[O-2].[O-2].[O-2]. The van der Waals surface area contributed by atoms with E-state index in [1.54, 1.807) is 0 Å². The molecule has 0 spiro atoms. The first-order chi connectivity index (χ1) is 0. The molecule has 0 aliphatic heterocycles. The van der Waals surface area contributed by atoms with Crippen molar-refractivity contribution < 1.29 is 61.5 Å². The van der Waals surface area contributed by atoms with E-state index >= 15 is 0 Å². The third kappa shape index (κ3) is 116. The van der Waals surface area contributed by atoms with Crippen LogP contribution in [0.2, 0.25) is 0 Å². The van der Waals surface area contributed by atoms with Crippen LogP contribution in [-0.4, -0.2) is 52.4 Å². The van der Waals surface area contributed by atoms with Crippen molar-refractivity contribution in [2.45, 2.75) is 0 Å². The van der Waals surface area contributed by atoms with Crippen molar-refractivity contribution >= 4 is 52.4 Å². The zero-order chi connectivity index (χ0) is 0. The molecule has 56 valence electrons. The zero-order valence-corrected chi connectivity index (χ0v) is 12.8. The topological polar surface area (TPSA) is 142 Å². The average molecular weight is 610 g/mol. The molecule has 0 rings (SSSR count). The summed E-state index contributed by atoms with van der Waals surface area (Å²) < 4.78 is 0. The fourth-order valence-electron chi connectivity index (χ4n) is 0. The van der Waals surface area contributed by atoms with Crippen LogP contribution in [0, 0.1) is 0 Å². The van der Waals surface area contributed by atoms with Crippen molar-refractivity contribution in [1.29, 1.82) is 0 Å². The Balaban J connectivity index is 0. The molecule has 0 atom stereocenters. The van der Waals surface area contributed by atoms with Gasteiger partial charge in [-0.15, -0.1) is 0 Å². The number of hydrogen-bond donors (Lipinski definition) is 0. The second-order valence-electron chi connectivity index (χ2n) is 0. The number of hydrogen-bond acceptors (Lipinski definition) is 0. The van der Waals surface area contributed by atoms with Crippen molar-refractivity contribution in [3.05, 3.63) is 0 Å². The molecule has 0 N–H and O–H groups in total. The van der Waals surface area contributed by atoms with Crippen LogP contribution in [0.4, 0.5) is 0 Å². The molecule has 0 aromatic carbocycles. The van der Waals surface area contributed by atoms with Gasteiger partial charge < -0.3 is 27.4 Å². The number of rotatable bonds is 0. The van der Waals surface area contributed by atoms with Gasteiger partial charge in [0, 0.05) is 0 Å². The molecule has 9 heteroatoms. The molecular formula is Bi2Fe2O5. The van der Waals surface area contributed by atoms with Gasteiger partial charge in [-0.3, -0.25) is 0 Å². The Morgan fingerprint density at radius 3 is 0.333 bits per heavy atom. The second kappa shape index (κ2) is 144. The van der Waals surface area contributed by atoms with Gasteiger partial charge in [0.2, 0.25) is 0 Å². The normalized spacial score (nSPS) is 0. The smallest absolute Gasteiger partial charge is 2.00 e. The molecule has 5 nitrogen and oxygen atoms in total. The van der Waals surface area contributed by atoms with Crippen molar-refractivity contribution in [3.63, 3.8) is 0 Å². The predicted octanol–water partition coefficient (Wildman–Crippen LogP) is -1.36. The minimum Gasteiger partial charge on any atom is -2.00 e. The van der Waals surface area contributed by atoms with E-state index in [1.807, 2.05) is 0 Å². The van der Waals surface area contributed by atoms with Gasteiger partial charge in [-0.05, 0) is 0 Å². The van der Waals surface area contributed by atoms with Gasteiger partial charge in [0.15, 0.2) is 0 Å². The summed E-state index contributed by atoms with van der Waals surface area (Å²) in [5.41, 5.74) is 0. The third-order valence-electron chi connectivity index (χ3n) is 0. The van der Waals surface area contributed by atoms with Crippen LogP contribution in [0.5, 0.6) is 0 Å². The van der Waals surface area contributed by atoms with E-state index in [2.05, 4.69) is 0 Å². The molecule has 0 saturated carbocycles. The van der Waals surface area contributed by atoms with E-state index in [9.17, 15) is 0 Å². The van der Waals surface area contributed by atoms with Crippen LogP contribution in [0.1, 0.15) is 0 Å². The third-order valence-corrected chi connectivity index (χ3v) is 0. The first-order valence-electron chi connectivity index (χ1n) is 0. The van der Waals surface area contributed by atoms with Crippen molar-refractivity contribution in [2.75, 3.05) is 0 Å². The first kappa shape index (κ1) is 192. The van der Waals surface area contributed by atoms with Gasteiger partial charge in [-0.25, -0.2) is 0 Å². The fraction of sp³-hybridized carbons (Fsp3) is 0. The summed E-state index contributed by atoms with van der Waals surface area (Å²) in [6.45, 7) is 0. The molecule has 0 aliphatic carbocycles. The van der Waals surface area contributed by atoms with Gasteiger partial charge >= 0.3 is 86.5 Å². The summed E-state index contributed by atoms with van der Waals surface area (Å²) in [5, 5.41) is 0. The molecule has 0 amide bonds. The fourth-order valence-corrected chi connectivity index (χ4v) is 0. The van der Waals surface area contributed by atoms with Gasteiger partial charge in [0.25, 0.3) is 0 Å². The predicted molar refractivity (Wildman–Crippen MR) is 14.9 cm³/mol. The van der Waals surface area contributed by atoms with Crippen molar-refractivity contribution in [3.8, 4) is 0 Å². The Kier molecular flexibility index (Phi) is 3080. The summed E-state index contributed by atoms with van der Waals surface area (Å²) >= 11 is 0. The molecule has 0 heterocycles. The van der Waals surface area contributed by atoms with E-state index in [4.69, 9.17) is 0 Å². The summed E-state index contributed by atoms with van der Waals surface area (Å²) in [7, 11) is 0. The van der Waals surface area contributed by atoms with Gasteiger partial charge in [0.05, 0.1) is 0 Å². The Bertz CT molecular complexity index is 12.9. The van der Waals surface area contributed by atoms with E-state index in [0.29, 0.717) is 0 Å². The maximum Gasteiger partial charge on any atom is 3.00 e. The standard InChI is InChI=1S/2Bi.2Fe.5O/q2*+3;2*+2;5*-2. The summed E-state index contributed by atoms with van der Waals surface area (Å²) in [6.07, 6.45) is 0. The molecular weight excluding hydrogens is 610 g/mol. The van der Waals surface area contributed by atoms with E-state index in [1.165, 1.54) is 0 Å². The van der Waals surface area contributed by atoms with Crippen LogP contribution < -0.4 is 0 Å². The Morgan fingerprint density at radius 2 is 0.333 bits per heavy atom. The van der Waals surface area contributed by atoms with E-state index in [-0.39, 0.29) is 114 Å². The average Bonchev–Trinajstić information content (AvgIpc) is 0. The second-order valence-corrected chi connectivity index (χ2v) is 0. The molecule has 0 aromatic rings. The van der Waals surface area contributed by atoms with Crippen LogP contribution in [0.15, 0.2) is 0 Å². The minimum absolute atomic E-state index is 0. The molecule has 0 aromatic heterocycles. The Labute approximate surface area is 112 Å². The minimum atomic E-state index is 0. The molecule has 9 heavy (non-hydrogen) atoms. The maximum absolute atomic E-state index is 0. The summed E-state index contributed by atoms with van der Waals surface area (Å²) in [5.74, 6) is 0. The van der Waals surface area contributed by atoms with Crippen LogP contribution in [-0.2, 0) is 61.5 Å². The van der Waals surface area contributed by atoms with E-state index in [0.717, 1.165) is 0 Å². The van der Waals surface area contributed by atoms with Crippen LogP contribution in [0.25, 0.3) is 0 Å². The van der Waals surface area contributed by atoms with Crippen LogP contribution in [0.3, 0.4) is 0 Å². The zero-order valence-electron chi connectivity index (χ0n) is 3.64. The van der Waals surface area contributed by atoms with Crippen molar-refractivity contribution in [2.24, 2.45) is 0 Å². The Hall–Kier alpha value is 2.61. The van der Waals surface area contributed by atoms with Gasteiger partial charge in [-0.2, -0.15) is 0 Å². The van der Waals surface area contributed by atoms with E-state index < -0.39 is 0 Å². The van der Waals surface area contributed by atoms with Crippen LogP contribution >= 0.6 is 0 Å². The summed E-state index contributed by atoms with van der Waals surface area (Å²) in [6, 6.07) is 0. The van der Waals surface area contributed by atoms with Gasteiger partial charge in [-0.1, -0.05) is 0 Å². The quantitative estimate of drug-likeness (QED) is 0.299. The first-order valence-corrected chi connectivity index (χ1v) is 0. The molecule has 0 bridgehead atoms. The maximum atomic E-state index is 0. The molecule has 0 aliphatic rings. The molecule has 0 unspecified atom stereocenters.